The number of aromatic amines is 4. The highest BCUT2D eigenvalue weighted by Crippen LogP contribution is 2.40. The topological polar surface area (TPSA) is 354 Å². The van der Waals surface area contributed by atoms with Crippen LogP contribution in [0.25, 0.3) is 93.4 Å². The zero-order chi connectivity index (χ0) is 77.7. The molecule has 0 radical (unpaired) electrons. The number of pyridine rings is 4. The molecule has 12 heterocycles. The molecule has 3 aliphatic rings. The van der Waals surface area contributed by atoms with Gasteiger partial charge in [0.1, 0.15) is 47.4 Å². The average molecular weight is 1570 g/mol. The van der Waals surface area contributed by atoms with E-state index >= 15 is 0 Å². The molecular weight excluding hydrogens is 1470 g/mol. The van der Waals surface area contributed by atoms with Gasteiger partial charge in [-0.15, -0.1) is 0 Å². The van der Waals surface area contributed by atoms with Gasteiger partial charge >= 0.3 is 0 Å². The first kappa shape index (κ1) is 81.4. The minimum atomic E-state index is -0.204. The van der Waals surface area contributed by atoms with E-state index in [0.717, 1.165) is 154 Å². The van der Waals surface area contributed by atoms with Gasteiger partial charge in [0.15, 0.2) is 45.9 Å². The maximum absolute atomic E-state index is 13.6. The molecule has 0 saturated heterocycles. The molecule has 0 spiro atoms. The minimum Gasteiger partial charge on any atom is -0.360 e. The second kappa shape index (κ2) is 34.2. The fraction of sp³-hybridized carbons (Fsp3) is 0.303. The maximum Gasteiger partial charge on any atom is 0.263 e. The van der Waals surface area contributed by atoms with Crippen LogP contribution < -0.4 is 43.5 Å². The number of benzene rings is 5. The Bertz CT molecular complexity index is 6530. The van der Waals surface area contributed by atoms with Crippen molar-refractivity contribution in [1.29, 1.82) is 0 Å². The van der Waals surface area contributed by atoms with Crippen molar-refractivity contribution in [2.75, 3.05) is 21.3 Å². The van der Waals surface area contributed by atoms with Crippen molar-refractivity contribution >= 4 is 111 Å². The van der Waals surface area contributed by atoms with Gasteiger partial charge in [-0.3, -0.25) is 23.7 Å². The fourth-order valence-corrected chi connectivity index (χ4v) is 15.8. The highest BCUT2D eigenvalue weighted by Gasteiger charge is 2.32. The summed E-state index contributed by atoms with van der Waals surface area (Å²) in [5, 5.41) is 20.8. The van der Waals surface area contributed by atoms with Gasteiger partial charge in [-0.1, -0.05) is 121 Å². The standard InChI is InChI=1S/C23H20N6O.2C21H22N6O.C20H20N6O.4CH4/c1-14-7-6-8-16-11-18(29(23(30)19(14)16)17-9-4-3-5-10-17)15(2)28-22-20-21(25-12-24-20)26-13-27-22;2*1-12-5-3-6-14-9-16(27(15-7-4-8-15)21(28)17(12)14)13(2)26-20-18-19(23-10-22-18)24-11-25-20;1-11-4-3-5-13-8-15(26(14-6-7-14)20(27)16(11)13)12(2)25-19-17-18(22-9-21-17)23-10-24-19;;;;/h3-13,15H,1-2H3,(H2,24,25,26,27,28);2*3,5-6,9-11,13,15H,4,7-8H2,1-2H3,(H2,22,23,24,25,26);3-5,8-10,12,14H,6-7H2,1-2H3,(H2,21,22,23,24,25);4*1H4/t15-;2*13-;12-;;;;/m0101..../s1. The van der Waals surface area contributed by atoms with E-state index in [4.69, 9.17) is 0 Å². The van der Waals surface area contributed by atoms with E-state index in [9.17, 15) is 19.2 Å². The summed E-state index contributed by atoms with van der Waals surface area (Å²) in [7, 11) is 0. The van der Waals surface area contributed by atoms with E-state index < -0.39 is 0 Å². The molecule has 17 aromatic rings. The van der Waals surface area contributed by atoms with E-state index in [1.54, 1.807) is 29.9 Å². The van der Waals surface area contributed by atoms with Crippen LogP contribution >= 0.6 is 0 Å². The molecule has 5 aromatic carbocycles. The summed E-state index contributed by atoms with van der Waals surface area (Å²) in [6.07, 6.45) is 21.0. The van der Waals surface area contributed by atoms with Gasteiger partial charge in [0.25, 0.3) is 22.2 Å². The quantitative estimate of drug-likeness (QED) is 0.0445. The third-order valence-corrected chi connectivity index (χ3v) is 22.1. The molecule has 0 aliphatic heterocycles. The molecule has 0 unspecified atom stereocenters. The van der Waals surface area contributed by atoms with E-state index in [0.29, 0.717) is 51.9 Å². The lowest BCUT2D eigenvalue weighted by molar-refractivity contribution is 0.298. The van der Waals surface area contributed by atoms with E-state index in [-0.39, 0.29) is 88.2 Å². The number of aryl methyl sites for hydroxylation is 4. The predicted molar refractivity (Wildman–Crippen MR) is 469 cm³/mol. The lowest BCUT2D eigenvalue weighted by Gasteiger charge is -2.32. The molecule has 8 N–H and O–H groups in total. The van der Waals surface area contributed by atoms with Gasteiger partial charge in [0.2, 0.25) is 0 Å². The number of nitrogens with one attached hydrogen (secondary N) is 8. The molecule has 12 aromatic heterocycles. The summed E-state index contributed by atoms with van der Waals surface area (Å²) in [6.45, 7) is 16.2. The Morgan fingerprint density at radius 2 is 0.598 bits per heavy atom. The number of hydrogen-bond donors (Lipinski definition) is 8. The molecule has 20 rings (SSSR count). The van der Waals surface area contributed by atoms with Crippen LogP contribution in [0.4, 0.5) is 23.3 Å². The minimum absolute atomic E-state index is 0. The van der Waals surface area contributed by atoms with Crippen LogP contribution in [0.2, 0.25) is 0 Å². The molecule has 28 heteroatoms. The maximum atomic E-state index is 13.6. The Labute approximate surface area is 675 Å². The van der Waals surface area contributed by atoms with Crippen molar-refractivity contribution in [2.45, 2.75) is 179 Å². The van der Waals surface area contributed by atoms with Crippen LogP contribution in [0.5, 0.6) is 0 Å². The summed E-state index contributed by atoms with van der Waals surface area (Å²) >= 11 is 0. The van der Waals surface area contributed by atoms with Crippen molar-refractivity contribution in [2.24, 2.45) is 0 Å². The lowest BCUT2D eigenvalue weighted by Crippen LogP contribution is -2.33. The molecule has 0 amide bonds. The first-order chi connectivity index (χ1) is 55.0. The summed E-state index contributed by atoms with van der Waals surface area (Å²) in [5.74, 6) is 2.70. The number of imidazole rings is 4. The second-order valence-corrected chi connectivity index (χ2v) is 29.6. The number of H-pyrrole nitrogens is 4. The van der Waals surface area contributed by atoms with E-state index in [2.05, 4.69) is 146 Å². The van der Waals surface area contributed by atoms with Crippen LogP contribution in [-0.4, -0.2) is 98.0 Å². The number of para-hydroxylation sites is 1. The van der Waals surface area contributed by atoms with E-state index in [1.807, 2.05) is 151 Å². The first-order valence-electron chi connectivity index (χ1n) is 38.3. The van der Waals surface area contributed by atoms with Crippen molar-refractivity contribution in [1.82, 2.24) is 98.0 Å². The second-order valence-electron chi connectivity index (χ2n) is 29.6. The van der Waals surface area contributed by atoms with Crippen LogP contribution in [-0.2, 0) is 0 Å². The number of nitrogens with zero attached hydrogens (tertiary/aromatic N) is 16. The summed E-state index contributed by atoms with van der Waals surface area (Å²) < 4.78 is 7.75. The largest absolute Gasteiger partial charge is 0.360 e. The number of rotatable bonds is 16. The highest BCUT2D eigenvalue weighted by molar-refractivity contribution is 5.90. The fourth-order valence-electron chi connectivity index (χ4n) is 15.8. The Balaban J connectivity index is 0.000000134. The smallest absolute Gasteiger partial charge is 0.263 e. The Morgan fingerprint density at radius 3 is 0.880 bits per heavy atom. The van der Waals surface area contributed by atoms with Crippen molar-refractivity contribution in [3.8, 4) is 5.69 Å². The first-order valence-corrected chi connectivity index (χ1v) is 38.3. The Kier molecular flexibility index (Phi) is 23.8. The molecule has 600 valence electrons. The van der Waals surface area contributed by atoms with Gasteiger partial charge in [0, 0.05) is 46.6 Å². The monoisotopic (exact) mass is 1570 g/mol. The van der Waals surface area contributed by atoms with Gasteiger partial charge in [-0.05, 0) is 187 Å². The lowest BCUT2D eigenvalue weighted by atomic mass is 9.91. The third kappa shape index (κ3) is 15.6. The van der Waals surface area contributed by atoms with Gasteiger partial charge in [-0.2, -0.15) is 0 Å². The number of hydrogen-bond acceptors (Lipinski definition) is 20. The van der Waals surface area contributed by atoms with Crippen LogP contribution in [0, 0.1) is 27.7 Å². The third-order valence-electron chi connectivity index (χ3n) is 22.1. The van der Waals surface area contributed by atoms with Crippen molar-refractivity contribution < 1.29 is 0 Å². The zero-order valence-corrected chi connectivity index (χ0v) is 63.7. The van der Waals surface area contributed by atoms with Gasteiger partial charge in [0.05, 0.1) is 71.0 Å². The molecule has 4 atom stereocenters. The predicted octanol–water partition coefficient (Wildman–Crippen LogP) is 17.9. The summed E-state index contributed by atoms with van der Waals surface area (Å²) in [4.78, 5) is 117. The molecule has 0 bridgehead atoms. The molecule has 3 saturated carbocycles. The SMILES string of the molecule is C.C.C.C.Cc1cccc2cc([C@@H](C)Nc3ncnc4nc[nH]c34)n(C3CC3)c(=O)c12.Cc1cccc2cc([C@@H](C)Nc3ncnc4nc[nH]c34)n(C3CCC3)c(=O)c12.Cc1cccc2cc([C@H](C)Nc3ncnc4nc[nH]c34)n(-c3ccccc3)c(=O)c12.Cc1cccc2cc([C@H](C)Nc3ncnc4nc[nH]c34)n(C3CCC3)c(=O)c12. The Morgan fingerprint density at radius 1 is 0.325 bits per heavy atom. The van der Waals surface area contributed by atoms with Crippen molar-refractivity contribution in [3.05, 3.63) is 264 Å². The van der Waals surface area contributed by atoms with Crippen LogP contribution in [0.1, 0.15) is 196 Å². The number of anilines is 4. The highest BCUT2D eigenvalue weighted by atomic mass is 16.1. The Hall–Kier alpha value is -13.7. The summed E-state index contributed by atoms with van der Waals surface area (Å²) in [5.41, 5.74) is 14.4. The van der Waals surface area contributed by atoms with Crippen LogP contribution in [0.15, 0.2) is 197 Å². The summed E-state index contributed by atoms with van der Waals surface area (Å²) in [6, 6.07) is 42.5. The van der Waals surface area contributed by atoms with Gasteiger partial charge in [-0.25, -0.2) is 59.8 Å². The molecule has 117 heavy (non-hydrogen) atoms. The molecule has 28 nitrogen and oxygen atoms in total. The van der Waals surface area contributed by atoms with Gasteiger partial charge < -0.3 is 54.9 Å². The number of aromatic nitrogens is 20. The normalized spacial score (nSPS) is 14.2. The van der Waals surface area contributed by atoms with E-state index in [1.165, 1.54) is 38.2 Å². The molecule has 3 aliphatic carbocycles. The average Bonchev–Trinajstić information content (AvgIpc) is 1.43. The van der Waals surface area contributed by atoms with Crippen LogP contribution in [0.3, 0.4) is 0 Å². The molecule has 3 fully saturated rings. The zero-order valence-electron chi connectivity index (χ0n) is 63.7. The van der Waals surface area contributed by atoms with Crippen molar-refractivity contribution in [3.63, 3.8) is 0 Å². The molecular formula is C89H100N24O4. The number of fused-ring (bicyclic) bond motifs is 8.